The standard InChI is InChI=1S/C14H23N3/c1-3-17-8-5-14(6-9-17)16-11-13-10-15-7-4-12(13)2/h4,7,10,14,16H,3,5-6,8-9,11H2,1-2H3. The number of piperidine rings is 1. The molecule has 0 bridgehead atoms. The van der Waals surface area contributed by atoms with Crippen LogP contribution in [0.4, 0.5) is 0 Å². The normalized spacial score (nSPS) is 18.5. The van der Waals surface area contributed by atoms with Gasteiger partial charge in [-0.25, -0.2) is 0 Å². The molecule has 2 rings (SSSR count). The molecule has 3 nitrogen and oxygen atoms in total. The van der Waals surface area contributed by atoms with Gasteiger partial charge in [0, 0.05) is 25.0 Å². The van der Waals surface area contributed by atoms with Crippen LogP contribution in [0.25, 0.3) is 0 Å². The molecule has 0 atom stereocenters. The van der Waals surface area contributed by atoms with Gasteiger partial charge in [-0.2, -0.15) is 0 Å². The van der Waals surface area contributed by atoms with Gasteiger partial charge in [0.25, 0.3) is 0 Å². The lowest BCUT2D eigenvalue weighted by Crippen LogP contribution is -2.42. The van der Waals surface area contributed by atoms with Crippen molar-refractivity contribution in [3.63, 3.8) is 0 Å². The number of nitrogens with zero attached hydrogens (tertiary/aromatic N) is 2. The van der Waals surface area contributed by atoms with Crippen LogP contribution in [0, 0.1) is 6.92 Å². The summed E-state index contributed by atoms with van der Waals surface area (Å²) in [5.74, 6) is 0. The topological polar surface area (TPSA) is 28.2 Å². The molecule has 0 unspecified atom stereocenters. The Bertz CT molecular complexity index is 343. The number of likely N-dealkylation sites (tertiary alicyclic amines) is 1. The zero-order valence-corrected chi connectivity index (χ0v) is 10.9. The second-order valence-corrected chi connectivity index (χ2v) is 4.89. The van der Waals surface area contributed by atoms with E-state index in [9.17, 15) is 0 Å². The maximum Gasteiger partial charge on any atom is 0.0315 e. The first-order chi connectivity index (χ1) is 8.29. The van der Waals surface area contributed by atoms with Gasteiger partial charge < -0.3 is 10.2 Å². The maximum absolute atomic E-state index is 4.19. The maximum atomic E-state index is 4.19. The fraction of sp³-hybridized carbons (Fsp3) is 0.643. The Morgan fingerprint density at radius 1 is 1.41 bits per heavy atom. The van der Waals surface area contributed by atoms with Gasteiger partial charge in [0.05, 0.1) is 0 Å². The molecule has 17 heavy (non-hydrogen) atoms. The Labute approximate surface area is 104 Å². The number of pyridine rings is 1. The molecular formula is C14H23N3. The van der Waals surface area contributed by atoms with Crippen LogP contribution in [-0.2, 0) is 6.54 Å². The zero-order chi connectivity index (χ0) is 12.1. The van der Waals surface area contributed by atoms with Crippen molar-refractivity contribution >= 4 is 0 Å². The van der Waals surface area contributed by atoms with Crippen molar-refractivity contribution in [2.45, 2.75) is 39.3 Å². The molecule has 1 aromatic rings. The number of rotatable bonds is 4. The number of aryl methyl sites for hydroxylation is 1. The van der Waals surface area contributed by atoms with E-state index in [1.54, 1.807) is 0 Å². The third-order valence-electron chi connectivity index (χ3n) is 3.76. The molecular weight excluding hydrogens is 210 g/mol. The highest BCUT2D eigenvalue weighted by atomic mass is 15.1. The van der Waals surface area contributed by atoms with E-state index in [0.29, 0.717) is 6.04 Å². The predicted octanol–water partition coefficient (Wildman–Crippen LogP) is 1.96. The first kappa shape index (κ1) is 12.5. The Kier molecular flexibility index (Phi) is 4.51. The van der Waals surface area contributed by atoms with Crippen LogP contribution >= 0.6 is 0 Å². The second-order valence-electron chi connectivity index (χ2n) is 4.89. The van der Waals surface area contributed by atoms with Gasteiger partial charge in [-0.05, 0) is 56.6 Å². The van der Waals surface area contributed by atoms with Crippen LogP contribution in [0.2, 0.25) is 0 Å². The quantitative estimate of drug-likeness (QED) is 0.861. The summed E-state index contributed by atoms with van der Waals surface area (Å²) in [6, 6.07) is 2.76. The molecule has 3 heteroatoms. The summed E-state index contributed by atoms with van der Waals surface area (Å²) in [6.45, 7) is 9.01. The van der Waals surface area contributed by atoms with Gasteiger partial charge in [0.2, 0.25) is 0 Å². The summed E-state index contributed by atoms with van der Waals surface area (Å²) in [4.78, 5) is 6.71. The minimum Gasteiger partial charge on any atom is -0.310 e. The van der Waals surface area contributed by atoms with Crippen molar-refractivity contribution in [3.05, 3.63) is 29.6 Å². The SMILES string of the molecule is CCN1CCC(NCc2cnccc2C)CC1. The lowest BCUT2D eigenvalue weighted by atomic mass is 10.0. The predicted molar refractivity (Wildman–Crippen MR) is 70.9 cm³/mol. The van der Waals surface area contributed by atoms with E-state index in [1.165, 1.54) is 43.6 Å². The van der Waals surface area contributed by atoms with Gasteiger partial charge in [0.1, 0.15) is 0 Å². The minimum atomic E-state index is 0.678. The highest BCUT2D eigenvalue weighted by Gasteiger charge is 2.17. The third-order valence-corrected chi connectivity index (χ3v) is 3.76. The van der Waals surface area contributed by atoms with E-state index in [2.05, 4.69) is 35.1 Å². The van der Waals surface area contributed by atoms with E-state index in [1.807, 2.05) is 12.4 Å². The van der Waals surface area contributed by atoms with Crippen LogP contribution in [0.1, 0.15) is 30.9 Å². The first-order valence-corrected chi connectivity index (χ1v) is 6.65. The fourth-order valence-corrected chi connectivity index (χ4v) is 2.39. The molecule has 0 aliphatic carbocycles. The number of hydrogen-bond donors (Lipinski definition) is 1. The summed E-state index contributed by atoms with van der Waals surface area (Å²) in [5.41, 5.74) is 2.66. The Morgan fingerprint density at radius 3 is 2.82 bits per heavy atom. The molecule has 0 amide bonds. The largest absolute Gasteiger partial charge is 0.310 e. The average Bonchev–Trinajstić information content (AvgIpc) is 2.38. The molecule has 1 aliphatic heterocycles. The van der Waals surface area contributed by atoms with Crippen molar-refractivity contribution in [2.24, 2.45) is 0 Å². The van der Waals surface area contributed by atoms with Gasteiger partial charge in [-0.1, -0.05) is 6.92 Å². The van der Waals surface area contributed by atoms with E-state index < -0.39 is 0 Å². The van der Waals surface area contributed by atoms with Crippen LogP contribution < -0.4 is 5.32 Å². The van der Waals surface area contributed by atoms with Gasteiger partial charge in [0.15, 0.2) is 0 Å². The van der Waals surface area contributed by atoms with Crippen LogP contribution in [-0.4, -0.2) is 35.6 Å². The third kappa shape index (κ3) is 3.51. The van der Waals surface area contributed by atoms with E-state index in [0.717, 1.165) is 6.54 Å². The van der Waals surface area contributed by atoms with E-state index in [-0.39, 0.29) is 0 Å². The lowest BCUT2D eigenvalue weighted by Gasteiger charge is -2.31. The Morgan fingerprint density at radius 2 is 2.18 bits per heavy atom. The smallest absolute Gasteiger partial charge is 0.0315 e. The van der Waals surface area contributed by atoms with Crippen molar-refractivity contribution < 1.29 is 0 Å². The van der Waals surface area contributed by atoms with Gasteiger partial charge in [-0.3, -0.25) is 4.98 Å². The van der Waals surface area contributed by atoms with Crippen LogP contribution in [0.15, 0.2) is 18.5 Å². The first-order valence-electron chi connectivity index (χ1n) is 6.65. The number of hydrogen-bond acceptors (Lipinski definition) is 3. The van der Waals surface area contributed by atoms with Crippen molar-refractivity contribution in [3.8, 4) is 0 Å². The summed E-state index contributed by atoms with van der Waals surface area (Å²) in [5, 5.41) is 3.66. The van der Waals surface area contributed by atoms with E-state index in [4.69, 9.17) is 0 Å². The zero-order valence-electron chi connectivity index (χ0n) is 10.9. The van der Waals surface area contributed by atoms with Crippen molar-refractivity contribution in [1.82, 2.24) is 15.2 Å². The summed E-state index contributed by atoms with van der Waals surface area (Å²) >= 11 is 0. The summed E-state index contributed by atoms with van der Waals surface area (Å²) < 4.78 is 0. The fourth-order valence-electron chi connectivity index (χ4n) is 2.39. The minimum absolute atomic E-state index is 0.678. The van der Waals surface area contributed by atoms with Gasteiger partial charge >= 0.3 is 0 Å². The summed E-state index contributed by atoms with van der Waals surface area (Å²) in [6.07, 6.45) is 6.38. The Hall–Kier alpha value is -0.930. The molecule has 94 valence electrons. The molecule has 2 heterocycles. The molecule has 1 aromatic heterocycles. The highest BCUT2D eigenvalue weighted by Crippen LogP contribution is 2.11. The molecule has 0 saturated carbocycles. The second kappa shape index (κ2) is 6.12. The van der Waals surface area contributed by atoms with Gasteiger partial charge in [-0.15, -0.1) is 0 Å². The lowest BCUT2D eigenvalue weighted by molar-refractivity contribution is 0.206. The number of aromatic nitrogens is 1. The van der Waals surface area contributed by atoms with E-state index >= 15 is 0 Å². The molecule has 0 aromatic carbocycles. The average molecular weight is 233 g/mol. The summed E-state index contributed by atoms with van der Waals surface area (Å²) in [7, 11) is 0. The van der Waals surface area contributed by atoms with Crippen molar-refractivity contribution in [2.75, 3.05) is 19.6 Å². The van der Waals surface area contributed by atoms with Crippen LogP contribution in [0.5, 0.6) is 0 Å². The van der Waals surface area contributed by atoms with Crippen molar-refractivity contribution in [1.29, 1.82) is 0 Å². The molecule has 0 radical (unpaired) electrons. The molecule has 1 aliphatic rings. The Balaban J connectivity index is 1.78. The monoisotopic (exact) mass is 233 g/mol. The molecule has 1 fully saturated rings. The number of nitrogens with one attached hydrogen (secondary N) is 1. The molecule has 1 saturated heterocycles. The van der Waals surface area contributed by atoms with Crippen LogP contribution in [0.3, 0.4) is 0 Å². The highest BCUT2D eigenvalue weighted by molar-refractivity contribution is 5.21. The molecule has 1 N–H and O–H groups in total. The molecule has 0 spiro atoms.